The van der Waals surface area contributed by atoms with Gasteiger partial charge in [0.05, 0.1) is 23.7 Å². The first kappa shape index (κ1) is 20.9. The SMILES string of the molecule is CCOC(=O)C12CC(CI)(C1)OC2C1CCN(C(=O)OCc2ccccc2)CC1. The maximum absolute atomic E-state index is 12.7. The summed E-state index contributed by atoms with van der Waals surface area (Å²) in [5, 5.41) is 0. The Labute approximate surface area is 185 Å². The molecule has 1 amide bonds. The standard InChI is InChI=1S/C22H28INO5/c1-2-27-19(25)22-13-21(14-22,15-23)29-18(22)17-8-10-24(11-9-17)20(26)28-12-16-6-4-3-5-7-16/h3-7,17-18H,2,8-15H2,1H3. The Hall–Kier alpha value is -1.35. The fourth-order valence-electron chi connectivity index (χ4n) is 5.17. The van der Waals surface area contributed by atoms with Crippen LogP contribution in [0.25, 0.3) is 0 Å². The van der Waals surface area contributed by atoms with Crippen LogP contribution in [0.1, 0.15) is 38.2 Å². The molecule has 1 saturated carbocycles. The molecule has 0 N–H and O–H groups in total. The van der Waals surface area contributed by atoms with Crippen LogP contribution < -0.4 is 0 Å². The summed E-state index contributed by atoms with van der Waals surface area (Å²) in [6.07, 6.45) is 2.82. The number of hydrogen-bond donors (Lipinski definition) is 0. The van der Waals surface area contributed by atoms with E-state index in [1.54, 1.807) is 4.90 Å². The second-order valence-corrected chi connectivity index (χ2v) is 9.21. The summed E-state index contributed by atoms with van der Waals surface area (Å²) in [5.74, 6) is 0.164. The van der Waals surface area contributed by atoms with Crippen molar-refractivity contribution < 1.29 is 23.8 Å². The van der Waals surface area contributed by atoms with Gasteiger partial charge in [0.15, 0.2) is 0 Å². The molecule has 2 bridgehead atoms. The van der Waals surface area contributed by atoms with Gasteiger partial charge in [-0.2, -0.15) is 0 Å². The number of halogens is 1. The number of carbonyl (C=O) groups is 2. The first-order valence-corrected chi connectivity index (χ1v) is 11.9. The molecule has 7 heteroatoms. The number of benzene rings is 1. The van der Waals surface area contributed by atoms with Gasteiger partial charge in [-0.05, 0) is 44.1 Å². The molecule has 0 spiro atoms. The number of piperidine rings is 1. The average molecular weight is 513 g/mol. The zero-order valence-electron chi connectivity index (χ0n) is 16.8. The number of alkyl halides is 1. The fraction of sp³-hybridized carbons (Fsp3) is 0.636. The van der Waals surface area contributed by atoms with Crippen LogP contribution in [-0.2, 0) is 25.6 Å². The van der Waals surface area contributed by atoms with E-state index in [2.05, 4.69) is 22.6 Å². The summed E-state index contributed by atoms with van der Waals surface area (Å²) >= 11 is 2.36. The van der Waals surface area contributed by atoms with Crippen LogP contribution >= 0.6 is 22.6 Å². The van der Waals surface area contributed by atoms with Gasteiger partial charge in [-0.1, -0.05) is 52.9 Å². The van der Waals surface area contributed by atoms with Crippen LogP contribution in [-0.4, -0.2) is 52.8 Å². The number of hydrogen-bond acceptors (Lipinski definition) is 5. The van der Waals surface area contributed by atoms with E-state index < -0.39 is 5.41 Å². The fourth-order valence-corrected chi connectivity index (χ4v) is 5.89. The summed E-state index contributed by atoms with van der Waals surface area (Å²) < 4.78 is 18.2. The number of esters is 1. The molecule has 3 heterocycles. The van der Waals surface area contributed by atoms with Crippen molar-refractivity contribution in [1.29, 1.82) is 0 Å². The smallest absolute Gasteiger partial charge is 0.410 e. The molecule has 1 atom stereocenters. The molecule has 4 fully saturated rings. The Bertz CT molecular complexity index is 741. The molecular weight excluding hydrogens is 485 g/mol. The zero-order valence-corrected chi connectivity index (χ0v) is 18.9. The number of fused-ring (bicyclic) bond motifs is 1. The maximum atomic E-state index is 12.7. The van der Waals surface area contributed by atoms with Crippen molar-refractivity contribution in [2.24, 2.45) is 11.3 Å². The third kappa shape index (κ3) is 3.87. The van der Waals surface area contributed by atoms with E-state index in [0.717, 1.165) is 35.7 Å². The zero-order chi connectivity index (χ0) is 20.5. The Kier molecular flexibility index (Phi) is 6.06. The lowest BCUT2D eigenvalue weighted by molar-refractivity contribution is -0.162. The van der Waals surface area contributed by atoms with E-state index in [1.807, 2.05) is 37.3 Å². The van der Waals surface area contributed by atoms with Gasteiger partial charge in [-0.15, -0.1) is 0 Å². The highest BCUT2D eigenvalue weighted by Crippen LogP contribution is 2.65. The van der Waals surface area contributed by atoms with Crippen LogP contribution in [0.2, 0.25) is 0 Å². The van der Waals surface area contributed by atoms with E-state index >= 15 is 0 Å². The lowest BCUT2D eigenvalue weighted by atomic mass is 9.58. The summed E-state index contributed by atoms with van der Waals surface area (Å²) in [4.78, 5) is 26.9. The largest absolute Gasteiger partial charge is 0.465 e. The highest BCUT2D eigenvalue weighted by atomic mass is 127. The van der Waals surface area contributed by atoms with Crippen LogP contribution in [0, 0.1) is 11.3 Å². The topological polar surface area (TPSA) is 65.1 Å². The number of likely N-dealkylation sites (tertiary alicyclic amines) is 1. The molecule has 6 nitrogen and oxygen atoms in total. The first-order valence-electron chi connectivity index (χ1n) is 10.4. The molecule has 1 aromatic carbocycles. The van der Waals surface area contributed by atoms with Gasteiger partial charge in [-0.3, -0.25) is 4.79 Å². The van der Waals surface area contributed by atoms with Gasteiger partial charge >= 0.3 is 12.1 Å². The summed E-state index contributed by atoms with van der Waals surface area (Å²) in [7, 11) is 0. The molecule has 0 radical (unpaired) electrons. The first-order chi connectivity index (χ1) is 14.0. The van der Waals surface area contributed by atoms with Gasteiger partial charge in [-0.25, -0.2) is 4.79 Å². The Morgan fingerprint density at radius 3 is 2.48 bits per heavy atom. The maximum Gasteiger partial charge on any atom is 0.410 e. The van der Waals surface area contributed by atoms with Crippen molar-refractivity contribution in [1.82, 2.24) is 4.90 Å². The second-order valence-electron chi connectivity index (χ2n) is 8.45. The third-order valence-corrected chi connectivity index (χ3v) is 7.94. The second kappa shape index (κ2) is 8.41. The average Bonchev–Trinajstić information content (AvgIpc) is 3.25. The van der Waals surface area contributed by atoms with Crippen molar-refractivity contribution in [3.63, 3.8) is 0 Å². The normalized spacial score (nSPS) is 31.2. The highest BCUT2D eigenvalue weighted by Gasteiger charge is 2.72. The minimum atomic E-state index is -0.484. The van der Waals surface area contributed by atoms with Crippen molar-refractivity contribution in [3.8, 4) is 0 Å². The van der Waals surface area contributed by atoms with E-state index in [4.69, 9.17) is 14.2 Å². The lowest BCUT2D eigenvalue weighted by Gasteiger charge is -2.43. The summed E-state index contributed by atoms with van der Waals surface area (Å²) in [6, 6.07) is 9.70. The Balaban J connectivity index is 1.33. The minimum Gasteiger partial charge on any atom is -0.465 e. The molecule has 1 aliphatic carbocycles. The molecule has 5 rings (SSSR count). The number of amides is 1. The quantitative estimate of drug-likeness (QED) is 0.328. The summed E-state index contributed by atoms with van der Waals surface area (Å²) in [5.41, 5.74) is 0.335. The number of nitrogens with zero attached hydrogens (tertiary/aromatic N) is 1. The van der Waals surface area contributed by atoms with E-state index in [0.29, 0.717) is 19.7 Å². The monoisotopic (exact) mass is 513 g/mol. The number of carbonyl (C=O) groups excluding carboxylic acids is 2. The Morgan fingerprint density at radius 1 is 1.17 bits per heavy atom. The van der Waals surface area contributed by atoms with Gasteiger partial charge in [0.2, 0.25) is 0 Å². The molecule has 158 valence electrons. The van der Waals surface area contributed by atoms with Crippen LogP contribution in [0.4, 0.5) is 4.79 Å². The third-order valence-electron chi connectivity index (χ3n) is 6.55. The van der Waals surface area contributed by atoms with E-state index in [9.17, 15) is 9.59 Å². The van der Waals surface area contributed by atoms with Gasteiger partial charge in [0.1, 0.15) is 6.61 Å². The van der Waals surface area contributed by atoms with Gasteiger partial charge in [0, 0.05) is 17.5 Å². The molecule has 4 aliphatic rings. The molecule has 29 heavy (non-hydrogen) atoms. The summed E-state index contributed by atoms with van der Waals surface area (Å²) in [6.45, 7) is 3.80. The Morgan fingerprint density at radius 2 is 1.86 bits per heavy atom. The molecule has 3 saturated heterocycles. The van der Waals surface area contributed by atoms with E-state index in [-0.39, 0.29) is 36.3 Å². The van der Waals surface area contributed by atoms with Crippen molar-refractivity contribution in [2.75, 3.05) is 24.1 Å². The molecule has 1 unspecified atom stereocenters. The van der Waals surface area contributed by atoms with Gasteiger partial charge < -0.3 is 19.1 Å². The van der Waals surface area contributed by atoms with Crippen molar-refractivity contribution in [2.45, 2.75) is 50.9 Å². The predicted molar refractivity (Wildman–Crippen MR) is 116 cm³/mol. The highest BCUT2D eigenvalue weighted by molar-refractivity contribution is 14.1. The van der Waals surface area contributed by atoms with Gasteiger partial charge in [0.25, 0.3) is 0 Å². The lowest BCUT2D eigenvalue weighted by Crippen LogP contribution is -2.53. The predicted octanol–water partition coefficient (Wildman–Crippen LogP) is 3.95. The molecule has 0 aromatic heterocycles. The molecular formula is C22H28INO5. The molecule has 1 aromatic rings. The van der Waals surface area contributed by atoms with Crippen LogP contribution in [0.15, 0.2) is 30.3 Å². The van der Waals surface area contributed by atoms with Crippen LogP contribution in [0.5, 0.6) is 0 Å². The minimum absolute atomic E-state index is 0.0983. The number of rotatable bonds is 6. The van der Waals surface area contributed by atoms with Crippen molar-refractivity contribution in [3.05, 3.63) is 35.9 Å². The molecule has 3 aliphatic heterocycles. The van der Waals surface area contributed by atoms with Crippen LogP contribution in [0.3, 0.4) is 0 Å². The van der Waals surface area contributed by atoms with E-state index in [1.165, 1.54) is 0 Å². The number of ether oxygens (including phenoxy) is 3. The van der Waals surface area contributed by atoms with Crippen molar-refractivity contribution >= 4 is 34.7 Å².